The largest absolute Gasteiger partial charge is 0.416 e. The molecule has 0 saturated carbocycles. The van der Waals surface area contributed by atoms with Crippen LogP contribution < -0.4 is 10.2 Å². The van der Waals surface area contributed by atoms with Crippen LogP contribution in [0.15, 0.2) is 42.5 Å². The molecule has 1 fully saturated rings. The number of carbonyl (C=O) groups is 1. The van der Waals surface area contributed by atoms with Crippen LogP contribution in [0.4, 0.5) is 28.9 Å². The Hall–Kier alpha value is -2.32. The molecule has 0 unspecified atom stereocenters. The Balaban J connectivity index is 1.52. The molecule has 4 nitrogen and oxygen atoms in total. The van der Waals surface area contributed by atoms with Crippen molar-refractivity contribution in [1.29, 1.82) is 0 Å². The summed E-state index contributed by atoms with van der Waals surface area (Å²) < 4.78 is 51.8. The van der Waals surface area contributed by atoms with Gasteiger partial charge >= 0.3 is 6.18 Å². The first-order chi connectivity index (χ1) is 13.2. The molecule has 1 heterocycles. The topological polar surface area (TPSA) is 35.6 Å². The number of nitrogens with one attached hydrogen (secondary N) is 1. The highest BCUT2D eigenvalue weighted by atomic mass is 35.5. The third-order valence-corrected chi connectivity index (χ3v) is 4.77. The molecule has 3 rings (SSSR count). The number of carbonyl (C=O) groups excluding carboxylic acids is 1. The van der Waals surface area contributed by atoms with E-state index in [-0.39, 0.29) is 17.5 Å². The molecule has 28 heavy (non-hydrogen) atoms. The van der Waals surface area contributed by atoms with E-state index in [1.54, 1.807) is 6.07 Å². The molecular formula is C19H18ClF4N3O. The minimum absolute atomic E-state index is 0.0764. The fourth-order valence-electron chi connectivity index (χ4n) is 3.02. The van der Waals surface area contributed by atoms with Gasteiger partial charge in [-0.3, -0.25) is 9.69 Å². The van der Waals surface area contributed by atoms with Crippen molar-refractivity contribution in [3.05, 3.63) is 58.9 Å². The quantitative estimate of drug-likeness (QED) is 0.758. The van der Waals surface area contributed by atoms with Crippen LogP contribution in [0.2, 0.25) is 5.02 Å². The van der Waals surface area contributed by atoms with Gasteiger partial charge in [0.25, 0.3) is 0 Å². The van der Waals surface area contributed by atoms with E-state index in [0.29, 0.717) is 37.6 Å². The van der Waals surface area contributed by atoms with Crippen molar-refractivity contribution in [3.8, 4) is 0 Å². The van der Waals surface area contributed by atoms with Gasteiger partial charge in [-0.15, -0.1) is 0 Å². The van der Waals surface area contributed by atoms with Crippen LogP contribution in [0.3, 0.4) is 0 Å². The normalized spacial score (nSPS) is 15.5. The number of hydrogen-bond acceptors (Lipinski definition) is 3. The number of rotatable bonds is 4. The standard InChI is InChI=1S/C19H18ClF4N3O/c20-16-11-14(4-5-17(16)21)25-18(28)12-26-6-8-27(9-7-26)15-3-1-2-13(10-15)19(22,23)24/h1-5,10-11H,6-9,12H2,(H,25,28). The van der Waals surface area contributed by atoms with Crippen molar-refractivity contribution in [2.75, 3.05) is 42.9 Å². The lowest BCUT2D eigenvalue weighted by molar-refractivity contribution is -0.137. The smallest absolute Gasteiger partial charge is 0.369 e. The zero-order chi connectivity index (χ0) is 20.3. The molecule has 0 spiro atoms. The van der Waals surface area contributed by atoms with Crippen molar-refractivity contribution >= 4 is 28.9 Å². The van der Waals surface area contributed by atoms with Gasteiger partial charge in [0.1, 0.15) is 5.82 Å². The third-order valence-electron chi connectivity index (χ3n) is 4.48. The van der Waals surface area contributed by atoms with Crippen LogP contribution in [-0.4, -0.2) is 43.5 Å². The summed E-state index contributed by atoms with van der Waals surface area (Å²) in [6.45, 7) is 2.22. The van der Waals surface area contributed by atoms with Crippen molar-refractivity contribution in [3.63, 3.8) is 0 Å². The van der Waals surface area contributed by atoms with E-state index in [2.05, 4.69) is 5.32 Å². The molecule has 9 heteroatoms. The highest BCUT2D eigenvalue weighted by molar-refractivity contribution is 6.31. The number of amides is 1. The monoisotopic (exact) mass is 415 g/mol. The SMILES string of the molecule is O=C(CN1CCN(c2cccc(C(F)(F)F)c2)CC1)Nc1ccc(F)c(Cl)c1. The Morgan fingerprint density at radius 2 is 1.79 bits per heavy atom. The van der Waals surface area contributed by atoms with Crippen molar-refractivity contribution in [2.24, 2.45) is 0 Å². The Labute approximate surface area is 164 Å². The number of hydrogen-bond donors (Lipinski definition) is 1. The predicted molar refractivity (Wildman–Crippen MR) is 100 cm³/mol. The number of alkyl halides is 3. The Kier molecular flexibility index (Phi) is 6.10. The predicted octanol–water partition coefficient (Wildman–Crippen LogP) is 4.26. The first-order valence-corrected chi connectivity index (χ1v) is 8.99. The van der Waals surface area contributed by atoms with Crippen LogP contribution in [0.1, 0.15) is 5.56 Å². The van der Waals surface area contributed by atoms with Crippen LogP contribution in [0.5, 0.6) is 0 Å². The summed E-state index contributed by atoms with van der Waals surface area (Å²) in [6.07, 6.45) is -4.38. The van der Waals surface area contributed by atoms with Gasteiger partial charge in [-0.2, -0.15) is 13.2 Å². The molecule has 0 radical (unpaired) electrons. The highest BCUT2D eigenvalue weighted by Gasteiger charge is 2.31. The summed E-state index contributed by atoms with van der Waals surface area (Å²) in [5, 5.41) is 2.58. The molecular weight excluding hydrogens is 398 g/mol. The number of nitrogens with zero attached hydrogens (tertiary/aromatic N) is 2. The van der Waals surface area contributed by atoms with Gasteiger partial charge in [0, 0.05) is 37.6 Å². The number of piperazine rings is 1. The zero-order valence-electron chi connectivity index (χ0n) is 14.8. The second kappa shape index (κ2) is 8.36. The van der Waals surface area contributed by atoms with Gasteiger partial charge in [-0.05, 0) is 36.4 Å². The van der Waals surface area contributed by atoms with E-state index < -0.39 is 17.6 Å². The number of halogens is 5. The summed E-state index contributed by atoms with van der Waals surface area (Å²) in [7, 11) is 0. The van der Waals surface area contributed by atoms with Gasteiger partial charge < -0.3 is 10.2 Å². The van der Waals surface area contributed by atoms with E-state index in [1.165, 1.54) is 24.3 Å². The van der Waals surface area contributed by atoms with E-state index in [9.17, 15) is 22.4 Å². The average Bonchev–Trinajstić information content (AvgIpc) is 2.65. The first-order valence-electron chi connectivity index (χ1n) is 8.62. The molecule has 0 aromatic heterocycles. The lowest BCUT2D eigenvalue weighted by atomic mass is 10.1. The lowest BCUT2D eigenvalue weighted by Gasteiger charge is -2.36. The average molecular weight is 416 g/mol. The minimum atomic E-state index is -4.38. The fourth-order valence-corrected chi connectivity index (χ4v) is 3.20. The van der Waals surface area contributed by atoms with Gasteiger partial charge in [-0.1, -0.05) is 17.7 Å². The maximum atomic E-state index is 13.2. The second-order valence-corrected chi connectivity index (χ2v) is 6.90. The fraction of sp³-hybridized carbons (Fsp3) is 0.316. The molecule has 1 aliphatic heterocycles. The summed E-state index contributed by atoms with van der Waals surface area (Å²) in [6, 6.07) is 9.16. The second-order valence-electron chi connectivity index (χ2n) is 6.49. The molecule has 0 atom stereocenters. The first kappa shape index (κ1) is 20.4. The summed E-state index contributed by atoms with van der Waals surface area (Å²) in [5.41, 5.74) is 0.239. The van der Waals surface area contributed by atoms with Crippen molar-refractivity contribution in [1.82, 2.24) is 4.90 Å². The third kappa shape index (κ3) is 5.14. The zero-order valence-corrected chi connectivity index (χ0v) is 15.5. The molecule has 1 aliphatic rings. The molecule has 0 bridgehead atoms. The van der Waals surface area contributed by atoms with Crippen molar-refractivity contribution < 1.29 is 22.4 Å². The van der Waals surface area contributed by atoms with Gasteiger partial charge in [0.2, 0.25) is 5.91 Å². The minimum Gasteiger partial charge on any atom is -0.369 e. The molecule has 1 N–H and O–H groups in total. The van der Waals surface area contributed by atoms with E-state index in [4.69, 9.17) is 11.6 Å². The summed E-state index contributed by atoms with van der Waals surface area (Å²) in [4.78, 5) is 15.9. The van der Waals surface area contributed by atoms with E-state index >= 15 is 0 Å². The van der Waals surface area contributed by atoms with Crippen LogP contribution in [0.25, 0.3) is 0 Å². The van der Waals surface area contributed by atoms with Gasteiger partial charge in [-0.25, -0.2) is 4.39 Å². The Bertz CT molecular complexity index is 851. The number of benzene rings is 2. The molecule has 150 valence electrons. The Morgan fingerprint density at radius 1 is 1.07 bits per heavy atom. The summed E-state index contributed by atoms with van der Waals surface area (Å²) >= 11 is 5.69. The van der Waals surface area contributed by atoms with Crippen molar-refractivity contribution in [2.45, 2.75) is 6.18 Å². The molecule has 1 saturated heterocycles. The molecule has 2 aromatic rings. The maximum absolute atomic E-state index is 13.2. The summed E-state index contributed by atoms with van der Waals surface area (Å²) in [5.74, 6) is -0.833. The van der Waals surface area contributed by atoms with E-state index in [0.717, 1.165) is 12.1 Å². The van der Waals surface area contributed by atoms with Gasteiger partial charge in [0.05, 0.1) is 17.1 Å². The van der Waals surface area contributed by atoms with Crippen LogP contribution in [-0.2, 0) is 11.0 Å². The highest BCUT2D eigenvalue weighted by Crippen LogP contribution is 2.31. The maximum Gasteiger partial charge on any atom is 0.416 e. The molecule has 2 aromatic carbocycles. The molecule has 1 amide bonds. The lowest BCUT2D eigenvalue weighted by Crippen LogP contribution is -2.48. The van der Waals surface area contributed by atoms with Gasteiger partial charge in [0.15, 0.2) is 0 Å². The Morgan fingerprint density at radius 3 is 2.43 bits per heavy atom. The van der Waals surface area contributed by atoms with E-state index in [1.807, 2.05) is 9.80 Å². The number of anilines is 2. The van der Waals surface area contributed by atoms with Crippen LogP contribution >= 0.6 is 11.6 Å². The molecule has 0 aliphatic carbocycles. The van der Waals surface area contributed by atoms with Crippen LogP contribution in [0, 0.1) is 5.82 Å².